The molecule has 0 radical (unpaired) electrons. The van der Waals surface area contributed by atoms with Crippen LogP contribution in [0.3, 0.4) is 0 Å². The molecule has 0 aromatic rings. The van der Waals surface area contributed by atoms with E-state index in [1.165, 1.54) is 0 Å². The molecule has 0 aliphatic carbocycles. The zero-order valence-electron chi connectivity index (χ0n) is 6.48. The molecule has 0 amide bonds. The highest BCUT2D eigenvalue weighted by molar-refractivity contribution is 4.71. The van der Waals surface area contributed by atoms with Crippen molar-refractivity contribution >= 4 is 0 Å². The largest absolute Gasteiger partial charge is 0.393 e. The fraction of sp³-hybridized carbons (Fsp3) is 1.00. The molecule has 2 heteroatoms. The molecular formula is C7H16O2. The van der Waals surface area contributed by atoms with E-state index in [1.54, 1.807) is 7.11 Å². The van der Waals surface area contributed by atoms with Crippen LogP contribution < -0.4 is 0 Å². The Morgan fingerprint density at radius 1 is 1.56 bits per heavy atom. The Kier molecular flexibility index (Phi) is 3.82. The van der Waals surface area contributed by atoms with Crippen LogP contribution in [0.1, 0.15) is 26.7 Å². The number of rotatable bonds is 4. The Labute approximate surface area is 56.8 Å². The first-order valence-corrected chi connectivity index (χ1v) is 3.34. The third kappa shape index (κ3) is 2.82. The summed E-state index contributed by atoms with van der Waals surface area (Å²) in [6.45, 7) is 4.10. The highest BCUT2D eigenvalue weighted by atomic mass is 16.5. The van der Waals surface area contributed by atoms with Crippen LogP contribution in [-0.2, 0) is 4.74 Å². The van der Waals surface area contributed by atoms with Crippen molar-refractivity contribution in [3.63, 3.8) is 0 Å². The lowest BCUT2D eigenvalue weighted by Crippen LogP contribution is -2.31. The van der Waals surface area contributed by atoms with Gasteiger partial charge in [0.1, 0.15) is 0 Å². The number of ether oxygens (including phenoxy) is 1. The van der Waals surface area contributed by atoms with Crippen LogP contribution >= 0.6 is 0 Å². The molecule has 0 aliphatic rings. The number of methoxy groups -OCH3 is 1. The van der Waals surface area contributed by atoms with Gasteiger partial charge in [0, 0.05) is 7.11 Å². The Morgan fingerprint density at radius 3 is 2.22 bits per heavy atom. The van der Waals surface area contributed by atoms with Crippen LogP contribution in [0, 0.1) is 0 Å². The third-order valence-corrected chi connectivity index (χ3v) is 1.61. The Hall–Kier alpha value is -0.0800. The summed E-state index contributed by atoms with van der Waals surface area (Å²) in [5.74, 6) is 0. The predicted octanol–water partition coefficient (Wildman–Crippen LogP) is 1.18. The molecule has 0 saturated heterocycles. The average Bonchev–Trinajstić information content (AvgIpc) is 1.89. The summed E-state index contributed by atoms with van der Waals surface area (Å²) < 4.78 is 5.08. The van der Waals surface area contributed by atoms with Crippen molar-refractivity contribution in [1.29, 1.82) is 0 Å². The maximum absolute atomic E-state index is 8.79. The van der Waals surface area contributed by atoms with Gasteiger partial charge in [-0.05, 0) is 13.3 Å². The molecular weight excluding hydrogens is 116 g/mol. The predicted molar refractivity (Wildman–Crippen MR) is 37.4 cm³/mol. The Bertz CT molecular complexity index is 67.3. The topological polar surface area (TPSA) is 29.5 Å². The molecule has 0 saturated carbocycles. The van der Waals surface area contributed by atoms with Crippen molar-refractivity contribution in [2.24, 2.45) is 0 Å². The molecule has 0 heterocycles. The fourth-order valence-electron chi connectivity index (χ4n) is 0.775. The standard InChI is InChI=1S/C7H16O2/c1-4-5-7(2,6-8)9-3/h8H,4-6H2,1-3H3. The van der Waals surface area contributed by atoms with Gasteiger partial charge in [0.2, 0.25) is 0 Å². The van der Waals surface area contributed by atoms with Gasteiger partial charge in [-0.25, -0.2) is 0 Å². The van der Waals surface area contributed by atoms with Crippen LogP contribution in [-0.4, -0.2) is 24.4 Å². The van der Waals surface area contributed by atoms with E-state index < -0.39 is 0 Å². The highest BCUT2D eigenvalue weighted by Crippen LogP contribution is 2.14. The molecule has 2 nitrogen and oxygen atoms in total. The van der Waals surface area contributed by atoms with Gasteiger partial charge in [0.15, 0.2) is 0 Å². The Balaban J connectivity index is 3.62. The van der Waals surface area contributed by atoms with E-state index >= 15 is 0 Å². The second-order valence-corrected chi connectivity index (χ2v) is 2.56. The minimum absolute atomic E-state index is 0.108. The van der Waals surface area contributed by atoms with Gasteiger partial charge in [-0.15, -0.1) is 0 Å². The summed E-state index contributed by atoms with van der Waals surface area (Å²) in [4.78, 5) is 0. The molecule has 0 bridgehead atoms. The number of aliphatic hydroxyl groups excluding tert-OH is 1. The summed E-state index contributed by atoms with van der Waals surface area (Å²) in [6.07, 6.45) is 1.96. The second kappa shape index (κ2) is 3.85. The Morgan fingerprint density at radius 2 is 2.11 bits per heavy atom. The van der Waals surface area contributed by atoms with E-state index in [1.807, 2.05) is 6.92 Å². The molecule has 0 aliphatic heterocycles. The molecule has 0 aromatic heterocycles. The molecule has 0 spiro atoms. The summed E-state index contributed by atoms with van der Waals surface area (Å²) >= 11 is 0. The third-order valence-electron chi connectivity index (χ3n) is 1.61. The van der Waals surface area contributed by atoms with Crippen LogP contribution in [0.15, 0.2) is 0 Å². The highest BCUT2D eigenvalue weighted by Gasteiger charge is 2.20. The van der Waals surface area contributed by atoms with E-state index in [0.717, 1.165) is 12.8 Å². The SMILES string of the molecule is CCCC(C)(CO)OC. The smallest absolute Gasteiger partial charge is 0.0880 e. The normalized spacial score (nSPS) is 17.3. The number of aliphatic hydroxyl groups is 1. The van der Waals surface area contributed by atoms with Gasteiger partial charge in [-0.2, -0.15) is 0 Å². The second-order valence-electron chi connectivity index (χ2n) is 2.56. The first-order chi connectivity index (χ1) is 4.18. The average molecular weight is 132 g/mol. The van der Waals surface area contributed by atoms with Gasteiger partial charge >= 0.3 is 0 Å². The van der Waals surface area contributed by atoms with Crippen molar-refractivity contribution in [3.8, 4) is 0 Å². The zero-order valence-corrected chi connectivity index (χ0v) is 6.48. The van der Waals surface area contributed by atoms with E-state index in [-0.39, 0.29) is 12.2 Å². The summed E-state index contributed by atoms with van der Waals surface area (Å²) in [7, 11) is 1.63. The molecule has 1 atom stereocenters. The van der Waals surface area contributed by atoms with Gasteiger partial charge in [-0.3, -0.25) is 0 Å². The van der Waals surface area contributed by atoms with Gasteiger partial charge in [0.05, 0.1) is 12.2 Å². The quantitative estimate of drug-likeness (QED) is 0.622. The monoisotopic (exact) mass is 132 g/mol. The number of hydrogen-bond donors (Lipinski definition) is 1. The van der Waals surface area contributed by atoms with Crippen LogP contribution in [0.2, 0.25) is 0 Å². The fourth-order valence-corrected chi connectivity index (χ4v) is 0.775. The van der Waals surface area contributed by atoms with E-state index in [2.05, 4.69) is 6.92 Å². The van der Waals surface area contributed by atoms with Crippen molar-refractivity contribution in [3.05, 3.63) is 0 Å². The van der Waals surface area contributed by atoms with Crippen molar-refractivity contribution in [2.45, 2.75) is 32.3 Å². The molecule has 0 fully saturated rings. The minimum Gasteiger partial charge on any atom is -0.393 e. The molecule has 1 N–H and O–H groups in total. The van der Waals surface area contributed by atoms with Gasteiger partial charge < -0.3 is 9.84 Å². The maximum atomic E-state index is 8.79. The summed E-state index contributed by atoms with van der Waals surface area (Å²) in [5, 5.41) is 8.79. The van der Waals surface area contributed by atoms with E-state index in [0.29, 0.717) is 0 Å². The van der Waals surface area contributed by atoms with Crippen molar-refractivity contribution in [1.82, 2.24) is 0 Å². The van der Waals surface area contributed by atoms with Crippen LogP contribution in [0.4, 0.5) is 0 Å². The lowest BCUT2D eigenvalue weighted by molar-refractivity contribution is -0.0435. The van der Waals surface area contributed by atoms with Gasteiger partial charge in [0.25, 0.3) is 0 Å². The molecule has 0 aromatic carbocycles. The lowest BCUT2D eigenvalue weighted by atomic mass is 10.0. The summed E-state index contributed by atoms with van der Waals surface area (Å²) in [6, 6.07) is 0. The van der Waals surface area contributed by atoms with Gasteiger partial charge in [-0.1, -0.05) is 13.3 Å². The molecule has 0 rings (SSSR count). The molecule has 9 heavy (non-hydrogen) atoms. The van der Waals surface area contributed by atoms with Crippen molar-refractivity contribution < 1.29 is 9.84 Å². The first-order valence-electron chi connectivity index (χ1n) is 3.34. The first kappa shape index (κ1) is 8.92. The van der Waals surface area contributed by atoms with E-state index in [4.69, 9.17) is 9.84 Å². The molecule has 56 valence electrons. The van der Waals surface area contributed by atoms with Crippen LogP contribution in [0.25, 0.3) is 0 Å². The summed E-state index contributed by atoms with van der Waals surface area (Å²) in [5.41, 5.74) is -0.311. The lowest BCUT2D eigenvalue weighted by Gasteiger charge is -2.24. The maximum Gasteiger partial charge on any atom is 0.0880 e. The van der Waals surface area contributed by atoms with E-state index in [9.17, 15) is 0 Å². The minimum atomic E-state index is -0.311. The van der Waals surface area contributed by atoms with Crippen LogP contribution in [0.5, 0.6) is 0 Å². The van der Waals surface area contributed by atoms with Crippen molar-refractivity contribution in [2.75, 3.05) is 13.7 Å². The molecule has 1 unspecified atom stereocenters. The number of hydrogen-bond acceptors (Lipinski definition) is 2. The zero-order chi connectivity index (χ0) is 7.33.